The van der Waals surface area contributed by atoms with Crippen LogP contribution >= 0.6 is 0 Å². The molecule has 1 saturated heterocycles. The Bertz CT molecular complexity index is 470. The fraction of sp³-hybridized carbons (Fsp3) is 0.562. The van der Waals surface area contributed by atoms with Gasteiger partial charge in [0, 0.05) is 26.2 Å². The molecule has 116 valence electrons. The van der Waals surface area contributed by atoms with Crippen LogP contribution in [0, 0.1) is 0 Å². The number of hydrogen-bond donors (Lipinski definition) is 2. The van der Waals surface area contributed by atoms with Crippen molar-refractivity contribution in [3.05, 3.63) is 29.8 Å². The molecule has 0 saturated carbocycles. The Morgan fingerprint density at radius 3 is 2.57 bits per heavy atom. The second-order valence-electron chi connectivity index (χ2n) is 5.64. The molecule has 2 amide bonds. The van der Waals surface area contributed by atoms with E-state index < -0.39 is 0 Å². The van der Waals surface area contributed by atoms with Crippen LogP contribution in [0.3, 0.4) is 0 Å². The fourth-order valence-electron chi connectivity index (χ4n) is 2.42. The summed E-state index contributed by atoms with van der Waals surface area (Å²) in [6, 6.07) is 7.90. The van der Waals surface area contributed by atoms with Crippen molar-refractivity contribution in [2.45, 2.75) is 32.9 Å². The van der Waals surface area contributed by atoms with Gasteiger partial charge in [0.15, 0.2) is 6.23 Å². The van der Waals surface area contributed by atoms with Crippen LogP contribution in [0.5, 0.6) is 5.75 Å². The average Bonchev–Trinajstić information content (AvgIpc) is 2.48. The minimum atomic E-state index is -0.354. The highest BCUT2D eigenvalue weighted by Gasteiger charge is 2.19. The van der Waals surface area contributed by atoms with Crippen molar-refractivity contribution in [1.82, 2.24) is 15.5 Å². The molecule has 0 bridgehead atoms. The third kappa shape index (κ3) is 4.36. The molecule has 1 fully saturated rings. The summed E-state index contributed by atoms with van der Waals surface area (Å²) in [7, 11) is 0. The molecule has 0 aromatic heterocycles. The second kappa shape index (κ2) is 7.31. The number of nitrogens with one attached hydrogen (secondary N) is 2. The number of amides is 2. The maximum absolute atomic E-state index is 12.1. The Balaban J connectivity index is 1.92. The van der Waals surface area contributed by atoms with Gasteiger partial charge in [-0.3, -0.25) is 0 Å². The highest BCUT2D eigenvalue weighted by atomic mass is 16.5. The van der Waals surface area contributed by atoms with E-state index in [9.17, 15) is 4.79 Å². The van der Waals surface area contributed by atoms with Gasteiger partial charge in [0.25, 0.3) is 0 Å². The van der Waals surface area contributed by atoms with Crippen molar-refractivity contribution < 1.29 is 9.53 Å². The highest BCUT2D eigenvalue weighted by molar-refractivity contribution is 5.74. The first-order valence-electron chi connectivity index (χ1n) is 7.59. The van der Waals surface area contributed by atoms with E-state index in [1.54, 1.807) is 0 Å². The molecule has 1 aromatic rings. The zero-order valence-corrected chi connectivity index (χ0v) is 13.1. The average molecular weight is 291 g/mol. The van der Waals surface area contributed by atoms with Crippen molar-refractivity contribution in [3.63, 3.8) is 0 Å². The number of urea groups is 1. The third-order valence-electron chi connectivity index (χ3n) is 3.58. The molecular weight excluding hydrogens is 266 g/mol. The summed E-state index contributed by atoms with van der Waals surface area (Å²) >= 11 is 0. The van der Waals surface area contributed by atoms with Crippen LogP contribution in [-0.2, 0) is 0 Å². The molecule has 5 heteroatoms. The quantitative estimate of drug-likeness (QED) is 0.836. The van der Waals surface area contributed by atoms with Crippen LogP contribution in [0.15, 0.2) is 24.3 Å². The summed E-state index contributed by atoms with van der Waals surface area (Å²) in [5.74, 6) is 1.22. The number of carbonyl (C=O) groups excluding carboxylic acids is 1. The lowest BCUT2D eigenvalue weighted by molar-refractivity contribution is 0.148. The number of benzene rings is 1. The standard InChI is InChI=1S/C16H25N3O2/c1-12(2)14-6-4-5-7-15(14)21-13(3)18-16(20)19-10-8-17-9-11-19/h4-7,12-13,17H,8-11H2,1-3H3,(H,18,20). The predicted octanol–water partition coefficient (Wildman–Crippen LogP) is 2.15. The Labute approximate surface area is 126 Å². The van der Waals surface area contributed by atoms with Crippen LogP contribution in [0.4, 0.5) is 4.79 Å². The van der Waals surface area contributed by atoms with Crippen molar-refractivity contribution in [2.75, 3.05) is 26.2 Å². The van der Waals surface area contributed by atoms with E-state index in [0.717, 1.165) is 37.5 Å². The van der Waals surface area contributed by atoms with Crippen molar-refractivity contribution in [3.8, 4) is 5.75 Å². The van der Waals surface area contributed by atoms with Gasteiger partial charge in [-0.2, -0.15) is 0 Å². The number of hydrogen-bond acceptors (Lipinski definition) is 3. The van der Waals surface area contributed by atoms with Gasteiger partial charge in [0.2, 0.25) is 0 Å². The summed E-state index contributed by atoms with van der Waals surface area (Å²) in [6.07, 6.45) is -0.354. The minimum Gasteiger partial charge on any atom is -0.471 e. The third-order valence-corrected chi connectivity index (χ3v) is 3.58. The molecule has 0 radical (unpaired) electrons. The second-order valence-corrected chi connectivity index (χ2v) is 5.64. The topological polar surface area (TPSA) is 53.6 Å². The Hall–Kier alpha value is -1.75. The molecule has 1 aliphatic rings. The minimum absolute atomic E-state index is 0.0639. The first-order chi connectivity index (χ1) is 10.1. The molecule has 1 atom stereocenters. The summed E-state index contributed by atoms with van der Waals surface area (Å²) in [6.45, 7) is 9.29. The summed E-state index contributed by atoms with van der Waals surface area (Å²) in [4.78, 5) is 13.9. The Kier molecular flexibility index (Phi) is 5.44. The lowest BCUT2D eigenvalue weighted by atomic mass is 10.0. The van der Waals surface area contributed by atoms with Gasteiger partial charge in [-0.25, -0.2) is 4.79 Å². The molecule has 2 rings (SSSR count). The molecule has 1 heterocycles. The SMILES string of the molecule is CC(NC(=O)N1CCNCC1)Oc1ccccc1C(C)C. The molecule has 1 aromatic carbocycles. The predicted molar refractivity (Wildman–Crippen MR) is 83.6 cm³/mol. The van der Waals surface area contributed by atoms with E-state index >= 15 is 0 Å². The van der Waals surface area contributed by atoms with Crippen LogP contribution in [0.1, 0.15) is 32.3 Å². The maximum atomic E-state index is 12.1. The number of nitrogens with zero attached hydrogens (tertiary/aromatic N) is 1. The molecule has 1 aliphatic heterocycles. The summed E-state index contributed by atoms with van der Waals surface area (Å²) in [5, 5.41) is 6.13. The van der Waals surface area contributed by atoms with Gasteiger partial charge in [0.05, 0.1) is 0 Å². The first kappa shape index (κ1) is 15.6. The monoisotopic (exact) mass is 291 g/mol. The van der Waals surface area contributed by atoms with E-state index in [-0.39, 0.29) is 12.3 Å². The molecule has 0 spiro atoms. The zero-order chi connectivity index (χ0) is 15.2. The molecular formula is C16H25N3O2. The molecule has 1 unspecified atom stereocenters. The van der Waals surface area contributed by atoms with Crippen LogP contribution in [-0.4, -0.2) is 43.3 Å². The largest absolute Gasteiger partial charge is 0.471 e. The van der Waals surface area contributed by atoms with Gasteiger partial charge in [0.1, 0.15) is 5.75 Å². The first-order valence-corrected chi connectivity index (χ1v) is 7.59. The van der Waals surface area contributed by atoms with Gasteiger partial charge in [-0.1, -0.05) is 32.0 Å². The Morgan fingerprint density at radius 1 is 1.24 bits per heavy atom. The summed E-state index contributed by atoms with van der Waals surface area (Å²) in [5.41, 5.74) is 1.15. The van der Waals surface area contributed by atoms with E-state index in [2.05, 4.69) is 30.5 Å². The van der Waals surface area contributed by atoms with E-state index in [4.69, 9.17) is 4.74 Å². The zero-order valence-electron chi connectivity index (χ0n) is 13.1. The van der Waals surface area contributed by atoms with Crippen molar-refractivity contribution >= 4 is 6.03 Å². The number of para-hydroxylation sites is 1. The van der Waals surface area contributed by atoms with Crippen molar-refractivity contribution in [1.29, 1.82) is 0 Å². The lowest BCUT2D eigenvalue weighted by Gasteiger charge is -2.29. The molecule has 21 heavy (non-hydrogen) atoms. The van der Waals surface area contributed by atoms with Crippen molar-refractivity contribution in [2.24, 2.45) is 0 Å². The van der Waals surface area contributed by atoms with E-state index in [0.29, 0.717) is 5.92 Å². The fourth-order valence-corrected chi connectivity index (χ4v) is 2.42. The number of piperazine rings is 1. The van der Waals surface area contributed by atoms with Gasteiger partial charge >= 0.3 is 6.03 Å². The van der Waals surface area contributed by atoms with Gasteiger partial charge in [-0.15, -0.1) is 0 Å². The van der Waals surface area contributed by atoms with Gasteiger partial charge in [-0.05, 0) is 24.5 Å². The van der Waals surface area contributed by atoms with Gasteiger partial charge < -0.3 is 20.3 Å². The number of carbonyl (C=O) groups is 1. The smallest absolute Gasteiger partial charge is 0.320 e. The number of ether oxygens (including phenoxy) is 1. The van der Waals surface area contributed by atoms with Crippen LogP contribution in [0.2, 0.25) is 0 Å². The number of rotatable bonds is 4. The van der Waals surface area contributed by atoms with E-state index in [1.165, 1.54) is 0 Å². The molecule has 0 aliphatic carbocycles. The normalized spacial score (nSPS) is 16.7. The molecule has 2 N–H and O–H groups in total. The summed E-state index contributed by atoms with van der Waals surface area (Å²) < 4.78 is 5.89. The lowest BCUT2D eigenvalue weighted by Crippen LogP contribution is -2.52. The highest BCUT2D eigenvalue weighted by Crippen LogP contribution is 2.26. The maximum Gasteiger partial charge on any atom is 0.320 e. The van der Waals surface area contributed by atoms with E-state index in [1.807, 2.05) is 30.0 Å². The molecule has 5 nitrogen and oxygen atoms in total. The van der Waals surface area contributed by atoms with Crippen LogP contribution < -0.4 is 15.4 Å². The Morgan fingerprint density at radius 2 is 1.90 bits per heavy atom. The van der Waals surface area contributed by atoms with Crippen LogP contribution in [0.25, 0.3) is 0 Å².